The van der Waals surface area contributed by atoms with Gasteiger partial charge in [-0.3, -0.25) is 19.7 Å². The number of Topliss-reactive ketones (excluding diaryl/α,β-unsaturated/α-hetero) is 1. The highest BCUT2D eigenvalue weighted by molar-refractivity contribution is 5.98. The second-order valence-corrected chi connectivity index (χ2v) is 8.12. The number of pyridine rings is 1. The monoisotopic (exact) mass is 390 g/mol. The van der Waals surface area contributed by atoms with Crippen molar-refractivity contribution < 1.29 is 14.3 Å². The van der Waals surface area contributed by atoms with Gasteiger partial charge >= 0.3 is 0 Å². The van der Waals surface area contributed by atoms with Gasteiger partial charge in [0.2, 0.25) is 0 Å². The molecule has 1 fully saturated rings. The number of ketones is 1. The van der Waals surface area contributed by atoms with Crippen molar-refractivity contribution in [1.29, 1.82) is 0 Å². The molecule has 1 spiro atoms. The molecule has 2 aliphatic rings. The highest BCUT2D eigenvalue weighted by Gasteiger charge is 2.42. The largest absolute Gasteiger partial charge is 0.497 e. The summed E-state index contributed by atoms with van der Waals surface area (Å²) in [6.45, 7) is 1.30. The van der Waals surface area contributed by atoms with Gasteiger partial charge in [0.25, 0.3) is 5.91 Å². The third-order valence-corrected chi connectivity index (χ3v) is 6.34. The normalized spacial score (nSPS) is 18.1. The maximum absolute atomic E-state index is 13.1. The summed E-state index contributed by atoms with van der Waals surface area (Å²) >= 11 is 0. The van der Waals surface area contributed by atoms with Crippen LogP contribution in [0.4, 0.5) is 0 Å². The van der Waals surface area contributed by atoms with E-state index in [4.69, 9.17) is 4.74 Å². The van der Waals surface area contributed by atoms with Crippen LogP contribution in [-0.2, 0) is 6.42 Å². The van der Waals surface area contributed by atoms with Crippen LogP contribution in [0.15, 0.2) is 36.7 Å². The number of rotatable bonds is 2. The predicted molar refractivity (Wildman–Crippen MR) is 107 cm³/mol. The van der Waals surface area contributed by atoms with E-state index in [0.717, 1.165) is 41.5 Å². The molecule has 0 radical (unpaired) electrons. The highest BCUT2D eigenvalue weighted by Crippen LogP contribution is 2.43. The summed E-state index contributed by atoms with van der Waals surface area (Å²) in [7, 11) is 1.62. The number of amides is 1. The first-order chi connectivity index (χ1) is 14.1. The van der Waals surface area contributed by atoms with Gasteiger partial charge in [0.1, 0.15) is 11.4 Å². The number of methoxy groups -OCH3 is 1. The van der Waals surface area contributed by atoms with Crippen molar-refractivity contribution in [1.82, 2.24) is 20.1 Å². The lowest BCUT2D eigenvalue weighted by molar-refractivity contribution is 0.0519. The van der Waals surface area contributed by atoms with Crippen molar-refractivity contribution in [2.75, 3.05) is 20.2 Å². The molecule has 0 unspecified atom stereocenters. The molecule has 1 saturated heterocycles. The number of piperidine rings is 1. The minimum absolute atomic E-state index is 0.0109. The summed E-state index contributed by atoms with van der Waals surface area (Å²) in [6.07, 6.45) is 6.43. The molecule has 0 saturated carbocycles. The van der Waals surface area contributed by atoms with Crippen LogP contribution in [0.5, 0.6) is 5.75 Å². The smallest absolute Gasteiger partial charge is 0.255 e. The van der Waals surface area contributed by atoms with Gasteiger partial charge in [-0.05, 0) is 48.9 Å². The van der Waals surface area contributed by atoms with Gasteiger partial charge in [0, 0.05) is 36.7 Å². The average Bonchev–Trinajstić information content (AvgIpc) is 3.21. The number of nitrogens with zero attached hydrogens (tertiary/aromatic N) is 3. The Morgan fingerprint density at radius 3 is 2.79 bits per heavy atom. The molecule has 1 aromatic carbocycles. The van der Waals surface area contributed by atoms with E-state index in [2.05, 4.69) is 15.2 Å². The van der Waals surface area contributed by atoms with Crippen LogP contribution in [0, 0.1) is 5.41 Å². The zero-order chi connectivity index (χ0) is 20.0. The Morgan fingerprint density at radius 2 is 2.00 bits per heavy atom. The van der Waals surface area contributed by atoms with E-state index in [1.54, 1.807) is 19.5 Å². The van der Waals surface area contributed by atoms with E-state index in [1.807, 2.05) is 29.2 Å². The Labute approximate surface area is 168 Å². The second kappa shape index (κ2) is 6.69. The zero-order valence-corrected chi connectivity index (χ0v) is 16.3. The van der Waals surface area contributed by atoms with Crippen molar-refractivity contribution in [2.45, 2.75) is 25.7 Å². The number of benzene rings is 1. The lowest BCUT2D eigenvalue weighted by atomic mass is 9.67. The van der Waals surface area contributed by atoms with E-state index < -0.39 is 0 Å². The fourth-order valence-electron chi connectivity index (χ4n) is 4.66. The van der Waals surface area contributed by atoms with Gasteiger partial charge in [-0.2, -0.15) is 5.10 Å². The number of likely N-dealkylation sites (tertiary alicyclic amines) is 1. The van der Waals surface area contributed by atoms with Crippen molar-refractivity contribution in [3.05, 3.63) is 53.5 Å². The Morgan fingerprint density at radius 1 is 1.17 bits per heavy atom. The standard InChI is InChI=1S/C22H22N4O3/c1-29-17-2-3-18-14(9-17)8-15(12-23-18)21(28)26-6-4-22(5-7-26)10-16-13-24-25-20(16)19(27)11-22/h2-3,8-9,12-13H,4-7,10-11H2,1H3,(H,24,25). The van der Waals surface area contributed by atoms with Crippen molar-refractivity contribution in [3.8, 4) is 5.75 Å². The summed E-state index contributed by atoms with van der Waals surface area (Å²) < 4.78 is 5.27. The lowest BCUT2D eigenvalue weighted by Gasteiger charge is -2.43. The molecule has 0 bridgehead atoms. The van der Waals surface area contributed by atoms with Gasteiger partial charge in [-0.1, -0.05) is 0 Å². The second-order valence-electron chi connectivity index (χ2n) is 8.12. The van der Waals surface area contributed by atoms with Gasteiger partial charge in [0.15, 0.2) is 5.78 Å². The molecular weight excluding hydrogens is 368 g/mol. The quantitative estimate of drug-likeness (QED) is 0.727. The Balaban J connectivity index is 1.33. The number of aromatic nitrogens is 3. The number of H-pyrrole nitrogens is 1. The van der Waals surface area contributed by atoms with Gasteiger partial charge in [-0.25, -0.2) is 0 Å². The first-order valence-electron chi connectivity index (χ1n) is 9.85. The SMILES string of the molecule is COc1ccc2ncc(C(=O)N3CCC4(CC3)CC(=O)c3[nH]ncc3C4)cc2c1. The van der Waals surface area contributed by atoms with Crippen molar-refractivity contribution in [2.24, 2.45) is 5.41 Å². The minimum atomic E-state index is -0.0558. The molecule has 7 nitrogen and oxygen atoms in total. The van der Waals surface area contributed by atoms with Crippen molar-refractivity contribution >= 4 is 22.6 Å². The molecule has 3 heterocycles. The highest BCUT2D eigenvalue weighted by atomic mass is 16.5. The molecule has 0 atom stereocenters. The maximum Gasteiger partial charge on any atom is 0.255 e. The van der Waals surface area contributed by atoms with Gasteiger partial charge < -0.3 is 9.64 Å². The molecule has 148 valence electrons. The van der Waals surface area contributed by atoms with Crippen LogP contribution >= 0.6 is 0 Å². The van der Waals surface area contributed by atoms with Crippen LogP contribution < -0.4 is 4.74 Å². The molecule has 1 amide bonds. The molecule has 5 rings (SSSR count). The number of nitrogens with one attached hydrogen (secondary N) is 1. The van der Waals surface area contributed by atoms with Crippen LogP contribution in [-0.4, -0.2) is 52.0 Å². The number of carbonyl (C=O) groups excluding carboxylic acids is 2. The van der Waals surface area contributed by atoms with E-state index in [-0.39, 0.29) is 17.1 Å². The Kier molecular flexibility index (Phi) is 4.12. The molecule has 7 heteroatoms. The molecular formula is C22H22N4O3. The van der Waals surface area contributed by atoms with Crippen LogP contribution in [0.25, 0.3) is 10.9 Å². The number of fused-ring (bicyclic) bond motifs is 2. The Hall–Kier alpha value is -3.22. The zero-order valence-electron chi connectivity index (χ0n) is 16.3. The minimum Gasteiger partial charge on any atom is -0.497 e. The van der Waals surface area contributed by atoms with Crippen LogP contribution in [0.1, 0.15) is 45.7 Å². The molecule has 2 aromatic heterocycles. The summed E-state index contributed by atoms with van der Waals surface area (Å²) in [5, 5.41) is 7.73. The molecule has 3 aromatic rings. The molecule has 1 aliphatic heterocycles. The number of hydrogen-bond acceptors (Lipinski definition) is 5. The van der Waals surface area contributed by atoms with E-state index in [9.17, 15) is 9.59 Å². The topological polar surface area (TPSA) is 88.2 Å². The van der Waals surface area contributed by atoms with Gasteiger partial charge in [-0.15, -0.1) is 0 Å². The molecule has 1 aliphatic carbocycles. The maximum atomic E-state index is 13.1. The number of carbonyl (C=O) groups is 2. The fraction of sp³-hybridized carbons (Fsp3) is 0.364. The summed E-state index contributed by atoms with van der Waals surface area (Å²) in [6, 6.07) is 7.51. The van der Waals surface area contributed by atoms with E-state index >= 15 is 0 Å². The first kappa shape index (κ1) is 17.8. The number of aromatic amines is 1. The lowest BCUT2D eigenvalue weighted by Crippen LogP contribution is -2.46. The number of ether oxygens (including phenoxy) is 1. The summed E-state index contributed by atoms with van der Waals surface area (Å²) in [5.74, 6) is 0.865. The van der Waals surface area contributed by atoms with Crippen molar-refractivity contribution in [3.63, 3.8) is 0 Å². The fourth-order valence-corrected chi connectivity index (χ4v) is 4.66. The van der Waals surface area contributed by atoms with E-state index in [1.165, 1.54) is 0 Å². The molecule has 1 N–H and O–H groups in total. The third-order valence-electron chi connectivity index (χ3n) is 6.34. The van der Waals surface area contributed by atoms with E-state index in [0.29, 0.717) is 30.8 Å². The summed E-state index contributed by atoms with van der Waals surface area (Å²) in [5.41, 5.74) is 3.02. The predicted octanol–water partition coefficient (Wildman–Crippen LogP) is 3.02. The van der Waals surface area contributed by atoms with Gasteiger partial charge in [0.05, 0.1) is 24.4 Å². The average molecular weight is 390 g/mol. The Bertz CT molecular complexity index is 1110. The summed E-state index contributed by atoms with van der Waals surface area (Å²) in [4.78, 5) is 31.8. The molecule has 29 heavy (non-hydrogen) atoms. The van der Waals surface area contributed by atoms with Crippen LogP contribution in [0.3, 0.4) is 0 Å². The third kappa shape index (κ3) is 3.06. The van der Waals surface area contributed by atoms with Crippen LogP contribution in [0.2, 0.25) is 0 Å². The number of hydrogen-bond donors (Lipinski definition) is 1. The first-order valence-corrected chi connectivity index (χ1v) is 9.85.